The molecule has 1 aromatic heterocycles. The zero-order valence-corrected chi connectivity index (χ0v) is 9.20. The van der Waals surface area contributed by atoms with Crippen LogP contribution in [0.1, 0.15) is 31.9 Å². The van der Waals surface area contributed by atoms with E-state index in [1.807, 2.05) is 19.2 Å². The number of hydrogen-bond donors (Lipinski definition) is 1. The third kappa shape index (κ3) is 2.70. The molecule has 0 radical (unpaired) electrons. The van der Waals surface area contributed by atoms with E-state index >= 15 is 0 Å². The number of rotatable bonds is 4. The van der Waals surface area contributed by atoms with Crippen molar-refractivity contribution in [3.63, 3.8) is 0 Å². The average molecular weight is 193 g/mol. The number of anilines is 1. The molecule has 0 aliphatic rings. The van der Waals surface area contributed by atoms with Gasteiger partial charge >= 0.3 is 0 Å². The molecule has 3 nitrogen and oxygen atoms in total. The number of pyridine rings is 1. The van der Waals surface area contributed by atoms with Crippen LogP contribution in [-0.2, 0) is 0 Å². The fourth-order valence-electron chi connectivity index (χ4n) is 1.38. The lowest BCUT2D eigenvalue weighted by Gasteiger charge is -2.18. The fraction of sp³-hybridized carbons (Fsp3) is 0.545. The summed E-state index contributed by atoms with van der Waals surface area (Å²) in [5.41, 5.74) is 6.95. The van der Waals surface area contributed by atoms with Gasteiger partial charge in [0.15, 0.2) is 0 Å². The molecule has 0 aromatic carbocycles. The van der Waals surface area contributed by atoms with Crippen LogP contribution in [0, 0.1) is 0 Å². The van der Waals surface area contributed by atoms with Crippen LogP contribution in [0.5, 0.6) is 0 Å². The average Bonchev–Trinajstić information content (AvgIpc) is 2.18. The van der Waals surface area contributed by atoms with Crippen LogP contribution in [0.4, 0.5) is 5.82 Å². The zero-order valence-electron chi connectivity index (χ0n) is 9.20. The Hall–Kier alpha value is -1.09. The molecule has 1 atom stereocenters. The molecule has 1 rings (SSSR count). The Kier molecular flexibility index (Phi) is 3.89. The molecule has 78 valence electrons. The normalized spacial score (nSPS) is 12.6. The summed E-state index contributed by atoms with van der Waals surface area (Å²) in [4.78, 5) is 6.46. The molecule has 0 fully saturated rings. The van der Waals surface area contributed by atoms with E-state index in [9.17, 15) is 0 Å². The van der Waals surface area contributed by atoms with E-state index in [0.29, 0.717) is 0 Å². The number of nitrogens with two attached hydrogens (primary N) is 1. The second-order valence-electron chi connectivity index (χ2n) is 3.66. The van der Waals surface area contributed by atoms with Crippen molar-refractivity contribution < 1.29 is 0 Å². The van der Waals surface area contributed by atoms with Gasteiger partial charge in [-0.3, -0.25) is 0 Å². The van der Waals surface area contributed by atoms with Crippen molar-refractivity contribution in [2.75, 3.05) is 18.5 Å². The van der Waals surface area contributed by atoms with Gasteiger partial charge in [-0.05, 0) is 31.0 Å². The Bertz CT molecular complexity index is 284. The summed E-state index contributed by atoms with van der Waals surface area (Å²) in [6.45, 7) is 5.17. The standard InChI is InChI=1S/C11H19N3/c1-4-7-14(3)11-8-10(9(2)12)5-6-13-11/h5-6,8-9H,4,7,12H2,1-3H3. The SMILES string of the molecule is CCCN(C)c1cc(C(C)N)ccn1. The van der Waals surface area contributed by atoms with Gasteiger partial charge in [0.05, 0.1) is 0 Å². The lowest BCUT2D eigenvalue weighted by atomic mass is 10.1. The maximum atomic E-state index is 5.81. The third-order valence-corrected chi connectivity index (χ3v) is 2.25. The largest absolute Gasteiger partial charge is 0.360 e. The van der Waals surface area contributed by atoms with E-state index < -0.39 is 0 Å². The van der Waals surface area contributed by atoms with Gasteiger partial charge in [-0.1, -0.05) is 6.92 Å². The van der Waals surface area contributed by atoms with Crippen LogP contribution in [-0.4, -0.2) is 18.6 Å². The van der Waals surface area contributed by atoms with E-state index in [-0.39, 0.29) is 6.04 Å². The first-order valence-electron chi connectivity index (χ1n) is 5.07. The van der Waals surface area contributed by atoms with Crippen molar-refractivity contribution in [1.82, 2.24) is 4.98 Å². The van der Waals surface area contributed by atoms with Gasteiger partial charge in [0.1, 0.15) is 5.82 Å². The van der Waals surface area contributed by atoms with Crippen molar-refractivity contribution in [2.45, 2.75) is 26.3 Å². The number of hydrogen-bond acceptors (Lipinski definition) is 3. The second kappa shape index (κ2) is 4.96. The Labute approximate surface area is 85.9 Å². The lowest BCUT2D eigenvalue weighted by molar-refractivity contribution is 0.802. The van der Waals surface area contributed by atoms with Gasteiger partial charge < -0.3 is 10.6 Å². The van der Waals surface area contributed by atoms with Crippen LogP contribution < -0.4 is 10.6 Å². The summed E-state index contributed by atoms with van der Waals surface area (Å²) in [7, 11) is 2.05. The van der Waals surface area contributed by atoms with Gasteiger partial charge in [0, 0.05) is 25.8 Å². The Balaban J connectivity index is 2.82. The highest BCUT2D eigenvalue weighted by atomic mass is 15.2. The topological polar surface area (TPSA) is 42.1 Å². The molecule has 1 unspecified atom stereocenters. The first-order chi connectivity index (χ1) is 6.65. The molecule has 0 bridgehead atoms. The molecule has 3 heteroatoms. The third-order valence-electron chi connectivity index (χ3n) is 2.25. The van der Waals surface area contributed by atoms with Crippen molar-refractivity contribution in [3.8, 4) is 0 Å². The molecular formula is C11H19N3. The molecule has 0 aliphatic heterocycles. The van der Waals surface area contributed by atoms with Crippen LogP contribution in [0.2, 0.25) is 0 Å². The van der Waals surface area contributed by atoms with Gasteiger partial charge in [-0.2, -0.15) is 0 Å². The van der Waals surface area contributed by atoms with Gasteiger partial charge in [0.25, 0.3) is 0 Å². The Morgan fingerprint density at radius 3 is 2.86 bits per heavy atom. The van der Waals surface area contributed by atoms with Crippen molar-refractivity contribution in [2.24, 2.45) is 5.73 Å². The monoisotopic (exact) mass is 193 g/mol. The molecule has 0 aliphatic carbocycles. The second-order valence-corrected chi connectivity index (χ2v) is 3.66. The minimum absolute atomic E-state index is 0.0757. The van der Waals surface area contributed by atoms with Crippen LogP contribution in [0.15, 0.2) is 18.3 Å². The highest BCUT2D eigenvalue weighted by Gasteiger charge is 2.04. The molecule has 14 heavy (non-hydrogen) atoms. The molecule has 2 N–H and O–H groups in total. The summed E-state index contributed by atoms with van der Waals surface area (Å²) in [6, 6.07) is 4.10. The summed E-state index contributed by atoms with van der Waals surface area (Å²) in [5, 5.41) is 0. The smallest absolute Gasteiger partial charge is 0.128 e. The molecule has 0 spiro atoms. The Morgan fingerprint density at radius 1 is 1.57 bits per heavy atom. The molecular weight excluding hydrogens is 174 g/mol. The van der Waals surface area contributed by atoms with Crippen LogP contribution in [0.25, 0.3) is 0 Å². The molecule has 1 heterocycles. The van der Waals surface area contributed by atoms with Gasteiger partial charge in [-0.25, -0.2) is 4.98 Å². The lowest BCUT2D eigenvalue weighted by Crippen LogP contribution is -2.19. The molecule has 0 saturated heterocycles. The van der Waals surface area contributed by atoms with Gasteiger partial charge in [0.2, 0.25) is 0 Å². The van der Waals surface area contributed by atoms with Crippen molar-refractivity contribution >= 4 is 5.82 Å². The van der Waals surface area contributed by atoms with E-state index in [0.717, 1.165) is 24.3 Å². The number of aromatic nitrogens is 1. The minimum atomic E-state index is 0.0757. The molecule has 0 saturated carbocycles. The molecule has 0 amide bonds. The predicted octanol–water partition coefficient (Wildman–Crippen LogP) is 1.95. The van der Waals surface area contributed by atoms with Crippen LogP contribution in [0.3, 0.4) is 0 Å². The molecule has 1 aromatic rings. The van der Waals surface area contributed by atoms with E-state index in [1.165, 1.54) is 0 Å². The predicted molar refractivity (Wildman–Crippen MR) is 60.4 cm³/mol. The van der Waals surface area contributed by atoms with Crippen molar-refractivity contribution in [1.29, 1.82) is 0 Å². The maximum absolute atomic E-state index is 5.81. The summed E-state index contributed by atoms with van der Waals surface area (Å²) in [5.74, 6) is 1.00. The Morgan fingerprint density at radius 2 is 2.29 bits per heavy atom. The van der Waals surface area contributed by atoms with E-state index in [2.05, 4.69) is 29.9 Å². The maximum Gasteiger partial charge on any atom is 0.128 e. The van der Waals surface area contributed by atoms with E-state index in [1.54, 1.807) is 0 Å². The quantitative estimate of drug-likeness (QED) is 0.794. The summed E-state index contributed by atoms with van der Waals surface area (Å²) >= 11 is 0. The first kappa shape index (κ1) is 11.0. The zero-order chi connectivity index (χ0) is 10.6. The van der Waals surface area contributed by atoms with E-state index in [4.69, 9.17) is 5.73 Å². The fourth-order valence-corrected chi connectivity index (χ4v) is 1.38. The van der Waals surface area contributed by atoms with Crippen molar-refractivity contribution in [3.05, 3.63) is 23.9 Å². The first-order valence-corrected chi connectivity index (χ1v) is 5.07. The minimum Gasteiger partial charge on any atom is -0.360 e. The highest BCUT2D eigenvalue weighted by molar-refractivity contribution is 5.40. The summed E-state index contributed by atoms with van der Waals surface area (Å²) in [6.07, 6.45) is 2.95. The highest BCUT2D eigenvalue weighted by Crippen LogP contribution is 2.15. The van der Waals surface area contributed by atoms with Gasteiger partial charge in [-0.15, -0.1) is 0 Å². The number of nitrogens with zero attached hydrogens (tertiary/aromatic N) is 2. The summed E-state index contributed by atoms with van der Waals surface area (Å²) < 4.78 is 0. The van der Waals surface area contributed by atoms with Crippen LogP contribution >= 0.6 is 0 Å².